The lowest BCUT2D eigenvalue weighted by molar-refractivity contribution is -0.151. The molecule has 13 heteroatoms. The Morgan fingerprint density at radius 2 is 1.10 bits per heavy atom. The van der Waals surface area contributed by atoms with Crippen molar-refractivity contribution in [1.29, 1.82) is 0 Å². The molecule has 2 aromatic carbocycles. The first-order valence-corrected chi connectivity index (χ1v) is 7.45. The van der Waals surface area contributed by atoms with Gasteiger partial charge in [0.25, 0.3) is 0 Å². The SMILES string of the molecule is COc1cccc(C(F)(F)F)c1.Cc1c(F)c(C(F)(F)F)c(F)c(C(F)(F)F)c1F. The Labute approximate surface area is 160 Å². The van der Waals surface area contributed by atoms with Crippen LogP contribution in [0.2, 0.25) is 0 Å². The van der Waals surface area contributed by atoms with E-state index in [1.807, 2.05) is 0 Å². The average molecular weight is 458 g/mol. The first kappa shape index (κ1) is 25.4. The molecule has 0 radical (unpaired) electrons. The molecule has 0 saturated carbocycles. The normalized spacial score (nSPS) is 12.3. The lowest BCUT2D eigenvalue weighted by atomic mass is 10.0. The molecule has 0 spiro atoms. The van der Waals surface area contributed by atoms with Gasteiger partial charge in [0.1, 0.15) is 28.5 Å². The Morgan fingerprint density at radius 1 is 0.667 bits per heavy atom. The Hall–Kier alpha value is -2.60. The molecule has 1 nitrogen and oxygen atoms in total. The van der Waals surface area contributed by atoms with Crippen LogP contribution in [0.4, 0.5) is 52.7 Å². The van der Waals surface area contributed by atoms with E-state index in [-0.39, 0.29) is 5.75 Å². The van der Waals surface area contributed by atoms with Gasteiger partial charge < -0.3 is 4.74 Å². The fraction of sp³-hybridized carbons (Fsp3) is 0.294. The summed E-state index contributed by atoms with van der Waals surface area (Å²) in [5.74, 6) is -7.59. The van der Waals surface area contributed by atoms with Crippen molar-refractivity contribution in [2.75, 3.05) is 7.11 Å². The van der Waals surface area contributed by atoms with Crippen LogP contribution in [0.15, 0.2) is 24.3 Å². The first-order valence-electron chi connectivity index (χ1n) is 7.45. The molecule has 0 aliphatic rings. The molecule has 0 N–H and O–H groups in total. The monoisotopic (exact) mass is 458 g/mol. The molecule has 0 bridgehead atoms. The smallest absolute Gasteiger partial charge is 0.422 e. The zero-order valence-corrected chi connectivity index (χ0v) is 14.8. The molecular formula is C17H10F12O. The number of methoxy groups -OCH3 is 1. The Balaban J connectivity index is 0.000000325. The van der Waals surface area contributed by atoms with Crippen LogP contribution in [0.1, 0.15) is 22.3 Å². The van der Waals surface area contributed by atoms with Gasteiger partial charge in [-0.1, -0.05) is 6.07 Å². The van der Waals surface area contributed by atoms with E-state index in [1.165, 1.54) is 19.2 Å². The van der Waals surface area contributed by atoms with E-state index in [4.69, 9.17) is 0 Å². The Bertz CT molecular complexity index is 852. The minimum absolute atomic E-state index is 0.213. The van der Waals surface area contributed by atoms with E-state index >= 15 is 0 Å². The molecule has 168 valence electrons. The predicted molar refractivity (Wildman–Crippen MR) is 79.1 cm³/mol. The summed E-state index contributed by atoms with van der Waals surface area (Å²) in [5, 5.41) is 0. The van der Waals surface area contributed by atoms with Crippen molar-refractivity contribution in [2.24, 2.45) is 0 Å². The van der Waals surface area contributed by atoms with Gasteiger partial charge >= 0.3 is 18.5 Å². The van der Waals surface area contributed by atoms with Crippen molar-refractivity contribution in [3.8, 4) is 5.75 Å². The number of alkyl halides is 9. The summed E-state index contributed by atoms with van der Waals surface area (Å²) in [4.78, 5) is 0. The average Bonchev–Trinajstić information content (AvgIpc) is 2.57. The van der Waals surface area contributed by atoms with Crippen molar-refractivity contribution in [3.05, 3.63) is 64.0 Å². The van der Waals surface area contributed by atoms with Crippen molar-refractivity contribution in [3.63, 3.8) is 0 Å². The van der Waals surface area contributed by atoms with Gasteiger partial charge in [-0.25, -0.2) is 13.2 Å². The summed E-state index contributed by atoms with van der Waals surface area (Å²) < 4.78 is 153. The zero-order chi connectivity index (χ0) is 23.7. The Morgan fingerprint density at radius 3 is 1.43 bits per heavy atom. The molecule has 0 atom stereocenters. The van der Waals surface area contributed by atoms with Crippen molar-refractivity contribution < 1.29 is 57.4 Å². The standard InChI is InChI=1S/C9H3F9.C8H7F3O/c1-2-5(10)3(8(13,14)15)7(12)4(6(2)11)9(16,17)18;1-12-7-4-2-3-6(5-7)8(9,10)11/h1H3;2-5H,1H3. The quantitative estimate of drug-likeness (QED) is 0.412. The molecule has 0 fully saturated rings. The minimum atomic E-state index is -5.70. The highest BCUT2D eigenvalue weighted by Gasteiger charge is 2.47. The van der Waals surface area contributed by atoms with Crippen LogP contribution < -0.4 is 4.74 Å². The molecule has 2 aromatic rings. The van der Waals surface area contributed by atoms with Crippen LogP contribution in [-0.2, 0) is 18.5 Å². The van der Waals surface area contributed by atoms with Crippen LogP contribution in [0.3, 0.4) is 0 Å². The van der Waals surface area contributed by atoms with Crippen molar-refractivity contribution >= 4 is 0 Å². The van der Waals surface area contributed by atoms with Gasteiger partial charge in [0.15, 0.2) is 5.82 Å². The number of benzene rings is 2. The van der Waals surface area contributed by atoms with E-state index in [2.05, 4.69) is 4.74 Å². The summed E-state index contributed by atoms with van der Waals surface area (Å²) in [6.07, 6.45) is -15.7. The van der Waals surface area contributed by atoms with Gasteiger partial charge in [-0.2, -0.15) is 39.5 Å². The number of halogens is 12. The second-order valence-corrected chi connectivity index (χ2v) is 5.54. The van der Waals surface area contributed by atoms with E-state index < -0.39 is 58.2 Å². The molecule has 0 aliphatic heterocycles. The Kier molecular flexibility index (Phi) is 7.33. The molecule has 0 aliphatic carbocycles. The zero-order valence-electron chi connectivity index (χ0n) is 14.8. The van der Waals surface area contributed by atoms with Gasteiger partial charge in [0, 0.05) is 5.56 Å². The summed E-state index contributed by atoms with van der Waals surface area (Å²) in [6, 6.07) is 4.74. The molecule has 0 aromatic heterocycles. The topological polar surface area (TPSA) is 9.23 Å². The summed E-state index contributed by atoms with van der Waals surface area (Å²) in [6.45, 7) is 0.356. The lowest BCUT2D eigenvalue weighted by Gasteiger charge is -2.17. The number of ether oxygens (including phenoxy) is 1. The second kappa shape index (κ2) is 8.64. The number of rotatable bonds is 1. The van der Waals surface area contributed by atoms with Gasteiger partial charge in [0.2, 0.25) is 0 Å². The van der Waals surface area contributed by atoms with Crippen LogP contribution in [-0.4, -0.2) is 7.11 Å². The molecule has 0 heterocycles. The van der Waals surface area contributed by atoms with Crippen LogP contribution in [0.25, 0.3) is 0 Å². The predicted octanol–water partition coefficient (Wildman–Crippen LogP) is 7.16. The number of hydrogen-bond donors (Lipinski definition) is 0. The van der Waals surface area contributed by atoms with Crippen LogP contribution >= 0.6 is 0 Å². The van der Waals surface area contributed by atoms with Crippen LogP contribution in [0.5, 0.6) is 5.75 Å². The van der Waals surface area contributed by atoms with Crippen LogP contribution in [0, 0.1) is 24.4 Å². The summed E-state index contributed by atoms with van der Waals surface area (Å²) in [7, 11) is 1.33. The van der Waals surface area contributed by atoms with E-state index in [9.17, 15) is 52.7 Å². The van der Waals surface area contributed by atoms with Crippen molar-refractivity contribution in [2.45, 2.75) is 25.5 Å². The highest BCUT2D eigenvalue weighted by atomic mass is 19.4. The molecule has 0 saturated heterocycles. The summed E-state index contributed by atoms with van der Waals surface area (Å²) >= 11 is 0. The maximum atomic E-state index is 13.0. The largest absolute Gasteiger partial charge is 0.497 e. The van der Waals surface area contributed by atoms with Gasteiger partial charge in [-0.05, 0) is 25.1 Å². The van der Waals surface area contributed by atoms with E-state index in [1.54, 1.807) is 0 Å². The first-order chi connectivity index (χ1) is 13.4. The fourth-order valence-electron chi connectivity index (χ4n) is 2.09. The highest BCUT2D eigenvalue weighted by molar-refractivity contribution is 5.38. The van der Waals surface area contributed by atoms with Gasteiger partial charge in [0.05, 0.1) is 12.7 Å². The molecule has 30 heavy (non-hydrogen) atoms. The number of hydrogen-bond acceptors (Lipinski definition) is 1. The second-order valence-electron chi connectivity index (χ2n) is 5.54. The van der Waals surface area contributed by atoms with Gasteiger partial charge in [-0.15, -0.1) is 0 Å². The maximum Gasteiger partial charge on any atom is 0.422 e. The third kappa shape index (κ3) is 5.72. The fourth-order valence-corrected chi connectivity index (χ4v) is 2.09. The molecular weight excluding hydrogens is 448 g/mol. The van der Waals surface area contributed by atoms with Gasteiger partial charge in [-0.3, -0.25) is 0 Å². The molecule has 2 rings (SSSR count). The maximum absolute atomic E-state index is 13.0. The lowest BCUT2D eigenvalue weighted by Crippen LogP contribution is -2.21. The highest BCUT2D eigenvalue weighted by Crippen LogP contribution is 2.42. The van der Waals surface area contributed by atoms with E-state index in [0.717, 1.165) is 12.1 Å². The minimum Gasteiger partial charge on any atom is -0.497 e. The van der Waals surface area contributed by atoms with Crippen molar-refractivity contribution in [1.82, 2.24) is 0 Å². The third-order valence-corrected chi connectivity index (χ3v) is 3.50. The molecule has 0 unspecified atom stereocenters. The summed E-state index contributed by atoms with van der Waals surface area (Å²) in [5.41, 5.74) is -7.75. The molecule has 0 amide bonds. The third-order valence-electron chi connectivity index (χ3n) is 3.50. The van der Waals surface area contributed by atoms with E-state index in [0.29, 0.717) is 6.92 Å².